The molecule has 0 atom stereocenters. The van der Waals surface area contributed by atoms with Gasteiger partial charge in [-0.1, -0.05) is 29.4 Å². The van der Waals surface area contributed by atoms with Gasteiger partial charge in [-0.15, -0.1) is 12.3 Å². The molecule has 9 heteroatoms. The van der Waals surface area contributed by atoms with E-state index in [4.69, 9.17) is 38.3 Å². The summed E-state index contributed by atoms with van der Waals surface area (Å²) in [6.45, 7) is 0.168. The molecule has 0 aliphatic rings. The molecule has 0 spiro atoms. The lowest BCUT2D eigenvalue weighted by molar-refractivity contribution is -0.116. The largest absolute Gasteiger partial charge is 0.463 e. The van der Waals surface area contributed by atoms with Crippen molar-refractivity contribution in [3.63, 3.8) is 0 Å². The van der Waals surface area contributed by atoms with Crippen molar-refractivity contribution >= 4 is 50.9 Å². The number of carbonyl (C=O) groups is 1. The van der Waals surface area contributed by atoms with Gasteiger partial charge in [0.25, 0.3) is 0 Å². The molecule has 0 aliphatic heterocycles. The summed E-state index contributed by atoms with van der Waals surface area (Å²) in [7, 11) is 0. The fraction of sp³-hybridized carbons (Fsp3) is 0.235. The molecule has 4 N–H and O–H groups in total. The summed E-state index contributed by atoms with van der Waals surface area (Å²) in [5, 5.41) is 10.6. The van der Waals surface area contributed by atoms with E-state index in [1.165, 1.54) is 6.07 Å². The fourth-order valence-electron chi connectivity index (χ4n) is 2.06. The van der Waals surface area contributed by atoms with Crippen LogP contribution < -0.4 is 21.4 Å². The van der Waals surface area contributed by atoms with Gasteiger partial charge in [-0.25, -0.2) is 4.79 Å². The highest BCUT2D eigenvalue weighted by Gasteiger charge is 2.14. The first-order chi connectivity index (χ1) is 12.4. The summed E-state index contributed by atoms with van der Waals surface area (Å²) in [4.78, 5) is 23.9. The van der Waals surface area contributed by atoms with Crippen molar-refractivity contribution in [2.45, 2.75) is 12.8 Å². The molecule has 1 aromatic heterocycles. The molecule has 0 aliphatic carbocycles. The Labute approximate surface area is 158 Å². The molecule has 26 heavy (non-hydrogen) atoms. The normalized spacial score (nSPS) is 10.3. The number of anilines is 1. The molecule has 0 radical (unpaired) electrons. The predicted molar refractivity (Wildman–Crippen MR) is 104 cm³/mol. The monoisotopic (exact) mass is 393 g/mol. The fourth-order valence-corrected chi connectivity index (χ4v) is 2.71. The number of amides is 1. The van der Waals surface area contributed by atoms with Crippen LogP contribution in [0.3, 0.4) is 0 Å². The number of fused-ring (bicyclic) bond motifs is 1. The van der Waals surface area contributed by atoms with Crippen LogP contribution in [0.1, 0.15) is 12.8 Å². The highest BCUT2D eigenvalue weighted by atomic mass is 35.5. The van der Waals surface area contributed by atoms with Crippen LogP contribution in [0, 0.1) is 17.8 Å². The topological polar surface area (TPSA) is 118 Å². The van der Waals surface area contributed by atoms with Crippen molar-refractivity contribution in [1.29, 1.82) is 5.41 Å². The third-order valence-electron chi connectivity index (χ3n) is 3.19. The van der Waals surface area contributed by atoms with Gasteiger partial charge in [0.2, 0.25) is 5.91 Å². The lowest BCUT2D eigenvalue weighted by Crippen LogP contribution is -2.12. The number of hydrogen-bond acceptors (Lipinski definition) is 6. The van der Waals surface area contributed by atoms with Gasteiger partial charge in [-0.2, -0.15) is 0 Å². The van der Waals surface area contributed by atoms with Gasteiger partial charge >= 0.3 is 11.6 Å². The molecule has 0 unspecified atom stereocenters. The van der Waals surface area contributed by atoms with Crippen LogP contribution in [0.2, 0.25) is 5.02 Å². The molecule has 1 aromatic carbocycles. The molecule has 0 fully saturated rings. The Hall–Kier alpha value is -2.63. The summed E-state index contributed by atoms with van der Waals surface area (Å²) >= 11 is 7.34. The molecule has 136 valence electrons. The Balaban J connectivity index is 2.20. The minimum atomic E-state index is -0.640. The third kappa shape index (κ3) is 5.18. The molecule has 2 rings (SSSR count). The third-order valence-corrected chi connectivity index (χ3v) is 4.23. The first-order valence-electron chi connectivity index (χ1n) is 7.51. The first kappa shape index (κ1) is 19.7. The number of rotatable bonds is 7. The number of nitrogens with one attached hydrogen (secondary N) is 2. The van der Waals surface area contributed by atoms with Gasteiger partial charge in [0.15, 0.2) is 5.17 Å². The minimum absolute atomic E-state index is 0.0310. The van der Waals surface area contributed by atoms with E-state index in [2.05, 4.69) is 11.2 Å². The number of amidine groups is 1. The maximum Gasteiger partial charge on any atom is 0.346 e. The predicted octanol–water partition coefficient (Wildman–Crippen LogP) is 2.80. The molecule has 0 saturated carbocycles. The summed E-state index contributed by atoms with van der Waals surface area (Å²) in [6.07, 6.45) is 5.64. The second kappa shape index (κ2) is 9.17. The molecule has 7 nitrogen and oxygen atoms in total. The van der Waals surface area contributed by atoms with Crippen LogP contribution in [0.25, 0.3) is 10.8 Å². The lowest BCUT2D eigenvalue weighted by Gasteiger charge is -2.09. The van der Waals surface area contributed by atoms with Crippen LogP contribution in [0.15, 0.2) is 27.4 Å². The van der Waals surface area contributed by atoms with Crippen molar-refractivity contribution in [3.05, 3.63) is 33.6 Å². The maximum absolute atomic E-state index is 12.2. The zero-order valence-electron chi connectivity index (χ0n) is 13.6. The van der Waals surface area contributed by atoms with Crippen molar-refractivity contribution in [2.75, 3.05) is 17.7 Å². The number of halogens is 1. The van der Waals surface area contributed by atoms with Gasteiger partial charge in [0.05, 0.1) is 5.39 Å². The quantitative estimate of drug-likeness (QED) is 0.288. The highest BCUT2D eigenvalue weighted by Crippen LogP contribution is 2.32. The van der Waals surface area contributed by atoms with E-state index in [-0.39, 0.29) is 40.5 Å². The number of benzene rings is 1. The molecular weight excluding hydrogens is 378 g/mol. The van der Waals surface area contributed by atoms with Gasteiger partial charge in [0.1, 0.15) is 11.6 Å². The van der Waals surface area contributed by atoms with Crippen molar-refractivity contribution in [1.82, 2.24) is 0 Å². The number of hydrogen-bond donors (Lipinski definition) is 3. The van der Waals surface area contributed by atoms with Crippen LogP contribution in [-0.4, -0.2) is 23.4 Å². The Morgan fingerprint density at radius 3 is 2.92 bits per heavy atom. The number of thioether (sulfide) groups is 1. The van der Waals surface area contributed by atoms with E-state index in [9.17, 15) is 9.59 Å². The van der Waals surface area contributed by atoms with Crippen molar-refractivity contribution in [3.8, 4) is 18.3 Å². The van der Waals surface area contributed by atoms with Crippen LogP contribution in [0.4, 0.5) is 5.69 Å². The number of terminal acetylenes is 1. The number of ether oxygens (including phenoxy) is 1. The molecule has 2 aromatic rings. The average Bonchev–Trinajstić information content (AvgIpc) is 2.60. The Morgan fingerprint density at radius 2 is 2.23 bits per heavy atom. The standard InChI is InChI=1S/C17H16ClN3O4S/c1-2-3-4-13(22)21-10-5-6-11-12(9-10)15(23)25-16(14(11)18)24-7-8-26-17(19)20/h1,5-6,9H,3-4,7-8H2,(H3,19,20)(H,21,22). The van der Waals surface area contributed by atoms with Gasteiger partial charge in [0, 0.05) is 29.7 Å². The van der Waals surface area contributed by atoms with Gasteiger partial charge in [-0.05, 0) is 12.1 Å². The SMILES string of the molecule is C#CCCC(=O)Nc1ccc2c(Cl)c(OCCSC(=N)N)oc(=O)c2c1. The smallest absolute Gasteiger partial charge is 0.346 e. The van der Waals surface area contributed by atoms with Crippen molar-refractivity contribution in [2.24, 2.45) is 5.73 Å². The highest BCUT2D eigenvalue weighted by molar-refractivity contribution is 8.13. The second-order valence-corrected chi connectivity index (χ2v) is 6.58. The maximum atomic E-state index is 12.2. The second-order valence-electron chi connectivity index (χ2n) is 5.06. The molecule has 0 saturated heterocycles. The Kier molecular flexibility index (Phi) is 6.95. The molecule has 1 amide bonds. The molecular formula is C17H16ClN3O4S. The van der Waals surface area contributed by atoms with Crippen LogP contribution in [0.5, 0.6) is 5.95 Å². The number of carbonyl (C=O) groups excluding carboxylic acids is 1. The summed E-state index contributed by atoms with van der Waals surface area (Å²) in [5.41, 5.74) is 5.03. The van der Waals surface area contributed by atoms with E-state index in [0.29, 0.717) is 23.2 Å². The van der Waals surface area contributed by atoms with E-state index in [0.717, 1.165) is 11.8 Å². The zero-order chi connectivity index (χ0) is 19.1. The molecule has 0 bridgehead atoms. The summed E-state index contributed by atoms with van der Waals surface area (Å²) < 4.78 is 10.5. The van der Waals surface area contributed by atoms with Crippen LogP contribution in [-0.2, 0) is 4.79 Å². The Morgan fingerprint density at radius 1 is 1.46 bits per heavy atom. The van der Waals surface area contributed by atoms with Crippen LogP contribution >= 0.6 is 23.4 Å². The van der Waals surface area contributed by atoms with E-state index >= 15 is 0 Å². The Bertz CT molecular complexity index is 936. The average molecular weight is 394 g/mol. The minimum Gasteiger partial charge on any atom is -0.463 e. The van der Waals surface area contributed by atoms with E-state index < -0.39 is 5.63 Å². The lowest BCUT2D eigenvalue weighted by atomic mass is 10.1. The molecule has 1 heterocycles. The van der Waals surface area contributed by atoms with Gasteiger partial charge < -0.3 is 20.2 Å². The number of nitrogens with two attached hydrogens (primary N) is 1. The van der Waals surface area contributed by atoms with E-state index in [1.54, 1.807) is 12.1 Å². The van der Waals surface area contributed by atoms with Crippen molar-refractivity contribution < 1.29 is 13.9 Å². The van der Waals surface area contributed by atoms with E-state index in [1.807, 2.05) is 0 Å². The first-order valence-corrected chi connectivity index (χ1v) is 8.88. The summed E-state index contributed by atoms with van der Waals surface area (Å²) in [5.74, 6) is 2.45. The summed E-state index contributed by atoms with van der Waals surface area (Å²) in [6, 6.07) is 4.70. The zero-order valence-corrected chi connectivity index (χ0v) is 15.2. The van der Waals surface area contributed by atoms with Gasteiger partial charge in [-0.3, -0.25) is 10.2 Å².